The Bertz CT molecular complexity index is 217. The molecular weight excluding hydrogens is 184 g/mol. The number of nitrogens with one attached hydrogen (secondary N) is 1. The van der Waals surface area contributed by atoms with Gasteiger partial charge in [0.25, 0.3) is 0 Å². The zero-order chi connectivity index (χ0) is 10.9. The molecule has 2 saturated heterocycles. The van der Waals surface area contributed by atoms with Gasteiger partial charge in [-0.15, -0.1) is 0 Å². The lowest BCUT2D eigenvalue weighted by Gasteiger charge is -2.49. The molecule has 2 rings (SSSR count). The highest BCUT2D eigenvalue weighted by molar-refractivity contribution is 5.05. The largest absolute Gasteiger partial charge is 0.312 e. The molecule has 0 aliphatic carbocycles. The first-order valence-electron chi connectivity index (χ1n) is 6.71. The van der Waals surface area contributed by atoms with Crippen LogP contribution in [0.4, 0.5) is 0 Å². The third kappa shape index (κ3) is 1.83. The van der Waals surface area contributed by atoms with E-state index in [2.05, 4.69) is 31.0 Å². The van der Waals surface area contributed by atoms with Gasteiger partial charge in [0.15, 0.2) is 0 Å². The maximum atomic E-state index is 3.68. The standard InChI is InChI=1S/C13H26N2/c1-4-11(2)15-10-6-8-13(15)7-5-9-14-12(13)3/h11-12,14H,4-10H2,1-3H3. The van der Waals surface area contributed by atoms with E-state index >= 15 is 0 Å². The van der Waals surface area contributed by atoms with E-state index in [1.165, 1.54) is 45.2 Å². The minimum absolute atomic E-state index is 0.494. The monoisotopic (exact) mass is 210 g/mol. The molecule has 2 heterocycles. The summed E-state index contributed by atoms with van der Waals surface area (Å²) in [6.07, 6.45) is 6.86. The lowest BCUT2D eigenvalue weighted by molar-refractivity contribution is 0.0363. The highest BCUT2D eigenvalue weighted by atomic mass is 15.3. The number of likely N-dealkylation sites (tertiary alicyclic amines) is 1. The SMILES string of the molecule is CCC(C)N1CCCC12CCCNC2C. The second-order valence-corrected chi connectivity index (χ2v) is 5.44. The fraction of sp³-hybridized carbons (Fsp3) is 1.00. The van der Waals surface area contributed by atoms with Gasteiger partial charge >= 0.3 is 0 Å². The zero-order valence-corrected chi connectivity index (χ0v) is 10.6. The predicted octanol–water partition coefficient (Wildman–Crippen LogP) is 2.39. The first kappa shape index (κ1) is 11.4. The molecule has 1 spiro atoms. The van der Waals surface area contributed by atoms with Crippen molar-refractivity contribution >= 4 is 0 Å². The van der Waals surface area contributed by atoms with Gasteiger partial charge in [0, 0.05) is 17.6 Å². The van der Waals surface area contributed by atoms with Crippen LogP contribution in [0, 0.1) is 0 Å². The van der Waals surface area contributed by atoms with Crippen LogP contribution < -0.4 is 5.32 Å². The Morgan fingerprint density at radius 1 is 1.40 bits per heavy atom. The molecule has 0 aromatic heterocycles. The topological polar surface area (TPSA) is 15.3 Å². The van der Waals surface area contributed by atoms with E-state index in [1.54, 1.807) is 0 Å². The van der Waals surface area contributed by atoms with Crippen molar-refractivity contribution in [3.63, 3.8) is 0 Å². The van der Waals surface area contributed by atoms with E-state index < -0.39 is 0 Å². The van der Waals surface area contributed by atoms with Crippen molar-refractivity contribution in [2.45, 2.75) is 70.5 Å². The highest BCUT2D eigenvalue weighted by Crippen LogP contribution is 2.40. The second-order valence-electron chi connectivity index (χ2n) is 5.44. The van der Waals surface area contributed by atoms with Gasteiger partial charge < -0.3 is 5.32 Å². The Balaban J connectivity index is 2.16. The summed E-state index contributed by atoms with van der Waals surface area (Å²) < 4.78 is 0. The van der Waals surface area contributed by atoms with E-state index in [4.69, 9.17) is 0 Å². The summed E-state index contributed by atoms with van der Waals surface area (Å²) in [5, 5.41) is 3.68. The molecular formula is C13H26N2. The van der Waals surface area contributed by atoms with Crippen LogP contribution in [0.1, 0.15) is 52.9 Å². The van der Waals surface area contributed by atoms with E-state index in [0.717, 1.165) is 6.04 Å². The Morgan fingerprint density at radius 2 is 2.13 bits per heavy atom. The van der Waals surface area contributed by atoms with Crippen molar-refractivity contribution in [3.05, 3.63) is 0 Å². The van der Waals surface area contributed by atoms with Crippen molar-refractivity contribution in [3.8, 4) is 0 Å². The van der Waals surface area contributed by atoms with Gasteiger partial charge in [0.2, 0.25) is 0 Å². The smallest absolute Gasteiger partial charge is 0.0363 e. The van der Waals surface area contributed by atoms with Crippen LogP contribution in [0.3, 0.4) is 0 Å². The normalized spacial score (nSPS) is 39.8. The van der Waals surface area contributed by atoms with Gasteiger partial charge in [-0.25, -0.2) is 0 Å². The third-order valence-electron chi connectivity index (χ3n) is 4.75. The van der Waals surface area contributed by atoms with E-state index in [1.807, 2.05) is 0 Å². The molecule has 2 aliphatic rings. The lowest BCUT2D eigenvalue weighted by atomic mass is 9.80. The fourth-order valence-corrected chi connectivity index (χ4v) is 3.65. The molecule has 0 aromatic rings. The molecule has 88 valence electrons. The Morgan fingerprint density at radius 3 is 2.80 bits per heavy atom. The molecule has 0 aromatic carbocycles. The molecule has 2 nitrogen and oxygen atoms in total. The molecule has 2 heteroatoms. The summed E-state index contributed by atoms with van der Waals surface area (Å²) >= 11 is 0. The first-order valence-corrected chi connectivity index (χ1v) is 6.71. The molecule has 0 radical (unpaired) electrons. The maximum Gasteiger partial charge on any atom is 0.0363 e. The minimum atomic E-state index is 0.494. The molecule has 2 aliphatic heterocycles. The molecule has 0 saturated carbocycles. The van der Waals surface area contributed by atoms with Crippen LogP contribution in [0.25, 0.3) is 0 Å². The van der Waals surface area contributed by atoms with Gasteiger partial charge in [-0.1, -0.05) is 6.92 Å². The lowest BCUT2D eigenvalue weighted by Crippen LogP contribution is -2.62. The van der Waals surface area contributed by atoms with Gasteiger partial charge in [-0.2, -0.15) is 0 Å². The predicted molar refractivity (Wildman–Crippen MR) is 65.1 cm³/mol. The second kappa shape index (κ2) is 4.42. The summed E-state index contributed by atoms with van der Waals surface area (Å²) in [5.41, 5.74) is 0.494. The summed E-state index contributed by atoms with van der Waals surface area (Å²) in [6, 6.07) is 1.44. The number of hydrogen-bond donors (Lipinski definition) is 1. The number of nitrogens with zero attached hydrogens (tertiary/aromatic N) is 1. The van der Waals surface area contributed by atoms with Crippen molar-refractivity contribution in [2.24, 2.45) is 0 Å². The van der Waals surface area contributed by atoms with Crippen molar-refractivity contribution < 1.29 is 0 Å². The Hall–Kier alpha value is -0.0800. The summed E-state index contributed by atoms with van der Waals surface area (Å²) in [5.74, 6) is 0. The number of hydrogen-bond acceptors (Lipinski definition) is 2. The molecule has 15 heavy (non-hydrogen) atoms. The molecule has 3 atom stereocenters. The molecule has 1 N–H and O–H groups in total. The van der Waals surface area contributed by atoms with Gasteiger partial charge in [0.05, 0.1) is 0 Å². The average molecular weight is 210 g/mol. The van der Waals surface area contributed by atoms with E-state index in [-0.39, 0.29) is 0 Å². The van der Waals surface area contributed by atoms with Gasteiger partial charge in [-0.3, -0.25) is 4.90 Å². The van der Waals surface area contributed by atoms with Crippen molar-refractivity contribution in [1.29, 1.82) is 0 Å². The molecule has 2 fully saturated rings. The zero-order valence-electron chi connectivity index (χ0n) is 10.6. The minimum Gasteiger partial charge on any atom is -0.312 e. The quantitative estimate of drug-likeness (QED) is 0.753. The fourth-order valence-electron chi connectivity index (χ4n) is 3.65. The van der Waals surface area contributed by atoms with E-state index in [0.29, 0.717) is 11.6 Å². The molecule has 3 unspecified atom stereocenters. The summed E-state index contributed by atoms with van der Waals surface area (Å²) in [7, 11) is 0. The molecule has 0 bridgehead atoms. The summed E-state index contributed by atoms with van der Waals surface area (Å²) in [6.45, 7) is 9.64. The Labute approximate surface area is 94.4 Å². The highest BCUT2D eigenvalue weighted by Gasteiger charge is 2.47. The molecule has 0 amide bonds. The van der Waals surface area contributed by atoms with Crippen LogP contribution in [-0.2, 0) is 0 Å². The third-order valence-corrected chi connectivity index (χ3v) is 4.75. The van der Waals surface area contributed by atoms with Crippen LogP contribution in [0.5, 0.6) is 0 Å². The van der Waals surface area contributed by atoms with Crippen LogP contribution in [-0.4, -0.2) is 35.6 Å². The summed E-state index contributed by atoms with van der Waals surface area (Å²) in [4.78, 5) is 2.80. The number of piperidine rings is 1. The first-order chi connectivity index (χ1) is 7.20. The van der Waals surface area contributed by atoms with Crippen LogP contribution in [0.2, 0.25) is 0 Å². The number of rotatable bonds is 2. The van der Waals surface area contributed by atoms with Crippen LogP contribution in [0.15, 0.2) is 0 Å². The van der Waals surface area contributed by atoms with Gasteiger partial charge in [0.1, 0.15) is 0 Å². The van der Waals surface area contributed by atoms with E-state index in [9.17, 15) is 0 Å². The average Bonchev–Trinajstić information content (AvgIpc) is 2.66. The van der Waals surface area contributed by atoms with Crippen molar-refractivity contribution in [2.75, 3.05) is 13.1 Å². The van der Waals surface area contributed by atoms with Crippen molar-refractivity contribution in [1.82, 2.24) is 10.2 Å². The van der Waals surface area contributed by atoms with Gasteiger partial charge in [-0.05, 0) is 59.0 Å². The van der Waals surface area contributed by atoms with Crippen LogP contribution >= 0.6 is 0 Å². The maximum absolute atomic E-state index is 3.68. The Kier molecular flexibility index (Phi) is 3.36.